The maximum Gasteiger partial charge on any atom is 0.306 e. The molecule has 4 saturated carbocycles. The van der Waals surface area contributed by atoms with Crippen LogP contribution in [0.5, 0.6) is 0 Å². The third kappa shape index (κ3) is 2.07. The van der Waals surface area contributed by atoms with E-state index in [0.29, 0.717) is 30.1 Å². The highest BCUT2D eigenvalue weighted by molar-refractivity contribution is 5.96. The number of hydrogen-bond acceptors (Lipinski definition) is 4. The van der Waals surface area contributed by atoms with E-state index in [-0.39, 0.29) is 17.0 Å². The average Bonchev–Trinajstić information content (AvgIpc) is 3.39. The Kier molecular flexibility index (Phi) is 3.74. The van der Waals surface area contributed by atoms with E-state index < -0.39 is 0 Å². The summed E-state index contributed by atoms with van der Waals surface area (Å²) in [6, 6.07) is 0. The second-order valence-corrected chi connectivity index (χ2v) is 11.2. The minimum absolute atomic E-state index is 0.0598. The molecule has 7 unspecified atom stereocenters. The first kappa shape index (κ1) is 18.4. The zero-order valence-electron chi connectivity index (χ0n) is 18.1. The molecule has 0 amide bonds. The number of ether oxygens (including phenoxy) is 1. The van der Waals surface area contributed by atoms with Crippen LogP contribution in [0.25, 0.3) is 0 Å². The van der Waals surface area contributed by atoms with Gasteiger partial charge in [0.2, 0.25) is 0 Å². The van der Waals surface area contributed by atoms with Gasteiger partial charge in [0.15, 0.2) is 0 Å². The minimum atomic E-state index is -0.137. The van der Waals surface area contributed by atoms with Gasteiger partial charge in [-0.2, -0.15) is 0 Å². The molecule has 5 fully saturated rings. The van der Waals surface area contributed by atoms with Gasteiger partial charge in [-0.3, -0.25) is 4.79 Å². The zero-order valence-corrected chi connectivity index (χ0v) is 18.1. The number of allylic oxidation sites excluding steroid dienone is 2. The van der Waals surface area contributed by atoms with Crippen molar-refractivity contribution in [2.24, 2.45) is 57.9 Å². The lowest BCUT2D eigenvalue weighted by molar-refractivity contribution is -0.183. The maximum atomic E-state index is 12.3. The van der Waals surface area contributed by atoms with Crippen molar-refractivity contribution in [3.05, 3.63) is 11.6 Å². The van der Waals surface area contributed by atoms with Gasteiger partial charge in [-0.25, -0.2) is 0 Å². The third-order valence-corrected chi connectivity index (χ3v) is 10.9. The average molecular weight is 398 g/mol. The SMILES string of the molecule is CC[C@]12CCC3C(C(C)C(C)C4=C/C(=N/O)CC[C@@H]43)C1C1CC1[C@@]21CCC(=O)O1. The molecule has 4 heteroatoms. The first-order chi connectivity index (χ1) is 14.0. The number of nitrogens with zero attached hydrogens (tertiary/aromatic N) is 1. The lowest BCUT2D eigenvalue weighted by Gasteiger charge is -2.61. The number of fused-ring (bicyclic) bond motifs is 9. The molecule has 0 radical (unpaired) electrons. The van der Waals surface area contributed by atoms with Crippen LogP contribution in [0.2, 0.25) is 0 Å². The fraction of sp³-hybridized carbons (Fsp3) is 0.840. The van der Waals surface area contributed by atoms with Gasteiger partial charge < -0.3 is 9.94 Å². The highest BCUT2D eigenvalue weighted by Gasteiger charge is 2.80. The highest BCUT2D eigenvalue weighted by Crippen LogP contribution is 2.80. The molecule has 1 spiro atoms. The van der Waals surface area contributed by atoms with E-state index in [1.54, 1.807) is 5.57 Å². The molecule has 158 valence electrons. The van der Waals surface area contributed by atoms with Gasteiger partial charge in [0.25, 0.3) is 0 Å². The standard InChI is InChI=1S/C25H35NO3/c1-4-24-9-7-17-16-6-5-15(26-28)11-18(16)13(2)14(3)22(17)23(24)19-12-20(19)25(24)10-8-21(27)29-25/h11,13-14,16-17,19-20,22-23,28H,4-10,12H2,1-3H3/b26-15+/t13?,14?,16-,17?,19?,20?,22?,23?,24+,25+/m1/s1. The molecule has 29 heavy (non-hydrogen) atoms. The zero-order chi connectivity index (χ0) is 20.1. The largest absolute Gasteiger partial charge is 0.458 e. The highest BCUT2D eigenvalue weighted by atomic mass is 16.6. The van der Waals surface area contributed by atoms with Crippen LogP contribution >= 0.6 is 0 Å². The van der Waals surface area contributed by atoms with E-state index in [2.05, 4.69) is 32.0 Å². The Morgan fingerprint density at radius 2 is 2.03 bits per heavy atom. The van der Waals surface area contributed by atoms with Gasteiger partial charge in [0.05, 0.1) is 5.71 Å². The number of oxime groups is 1. The van der Waals surface area contributed by atoms with Crippen LogP contribution in [0, 0.1) is 52.8 Å². The summed E-state index contributed by atoms with van der Waals surface area (Å²) >= 11 is 0. The predicted octanol–water partition coefficient (Wildman–Crippen LogP) is 5.20. The molecule has 5 aliphatic carbocycles. The molecule has 4 nitrogen and oxygen atoms in total. The first-order valence-electron chi connectivity index (χ1n) is 12.1. The van der Waals surface area contributed by atoms with Crippen molar-refractivity contribution < 1.29 is 14.7 Å². The van der Waals surface area contributed by atoms with Gasteiger partial charge in [0, 0.05) is 17.8 Å². The van der Waals surface area contributed by atoms with E-state index >= 15 is 0 Å². The summed E-state index contributed by atoms with van der Waals surface area (Å²) in [6.07, 6.45) is 10.9. The number of rotatable bonds is 1. The number of carbonyl (C=O) groups is 1. The van der Waals surface area contributed by atoms with Gasteiger partial charge in [-0.1, -0.05) is 31.5 Å². The molecule has 10 atom stereocenters. The van der Waals surface area contributed by atoms with Crippen LogP contribution in [0.1, 0.15) is 72.1 Å². The molecule has 1 saturated heterocycles. The van der Waals surface area contributed by atoms with Gasteiger partial charge in [-0.15, -0.1) is 0 Å². The van der Waals surface area contributed by atoms with E-state index in [1.165, 1.54) is 19.3 Å². The maximum absolute atomic E-state index is 12.3. The topological polar surface area (TPSA) is 58.9 Å². The number of hydrogen-bond donors (Lipinski definition) is 1. The van der Waals surface area contributed by atoms with Crippen LogP contribution < -0.4 is 0 Å². The third-order valence-electron chi connectivity index (χ3n) is 10.9. The fourth-order valence-electron chi connectivity index (χ4n) is 9.71. The Hall–Kier alpha value is -1.32. The summed E-state index contributed by atoms with van der Waals surface area (Å²) in [6.45, 7) is 7.27. The normalized spacial score (nSPS) is 56.3. The Morgan fingerprint density at radius 3 is 2.72 bits per heavy atom. The van der Waals surface area contributed by atoms with Crippen molar-refractivity contribution in [2.45, 2.75) is 77.7 Å². The molecular weight excluding hydrogens is 362 g/mol. The molecule has 6 rings (SSSR count). The first-order valence-corrected chi connectivity index (χ1v) is 12.1. The molecule has 6 aliphatic rings. The summed E-state index contributed by atoms with van der Waals surface area (Å²) < 4.78 is 6.31. The lowest BCUT2D eigenvalue weighted by Crippen LogP contribution is -2.58. The van der Waals surface area contributed by atoms with Gasteiger partial charge in [-0.05, 0) is 92.4 Å². The summed E-state index contributed by atoms with van der Waals surface area (Å²) in [5.74, 6) is 5.57. The van der Waals surface area contributed by atoms with E-state index in [4.69, 9.17) is 4.74 Å². The minimum Gasteiger partial charge on any atom is -0.458 e. The smallest absolute Gasteiger partial charge is 0.306 e. The summed E-state index contributed by atoms with van der Waals surface area (Å²) in [5.41, 5.74) is 2.50. The molecule has 1 aliphatic heterocycles. The van der Waals surface area contributed by atoms with Crippen LogP contribution in [0.3, 0.4) is 0 Å². The Bertz CT molecular complexity index is 817. The second-order valence-electron chi connectivity index (χ2n) is 11.2. The van der Waals surface area contributed by atoms with Crippen LogP contribution in [0.4, 0.5) is 0 Å². The van der Waals surface area contributed by atoms with Crippen LogP contribution in [-0.2, 0) is 9.53 Å². The van der Waals surface area contributed by atoms with Gasteiger partial charge in [0.1, 0.15) is 5.60 Å². The molecule has 1 N–H and O–H groups in total. The van der Waals surface area contributed by atoms with Crippen molar-refractivity contribution >= 4 is 11.7 Å². The molecule has 0 bridgehead atoms. The van der Waals surface area contributed by atoms with E-state index in [0.717, 1.165) is 55.1 Å². The van der Waals surface area contributed by atoms with Crippen molar-refractivity contribution in [1.82, 2.24) is 0 Å². The molecule has 1 heterocycles. The van der Waals surface area contributed by atoms with Crippen LogP contribution in [0.15, 0.2) is 16.8 Å². The molecule has 0 aromatic heterocycles. The van der Waals surface area contributed by atoms with Crippen molar-refractivity contribution in [1.29, 1.82) is 0 Å². The molecule has 0 aromatic rings. The Morgan fingerprint density at radius 1 is 1.21 bits per heavy atom. The van der Waals surface area contributed by atoms with E-state index in [1.807, 2.05) is 0 Å². The molecule has 0 aromatic carbocycles. The van der Waals surface area contributed by atoms with E-state index in [9.17, 15) is 10.0 Å². The predicted molar refractivity (Wildman–Crippen MR) is 110 cm³/mol. The lowest BCUT2D eigenvalue weighted by atomic mass is 9.44. The summed E-state index contributed by atoms with van der Waals surface area (Å²) in [7, 11) is 0. The second kappa shape index (κ2) is 5.88. The van der Waals surface area contributed by atoms with Crippen molar-refractivity contribution in [2.75, 3.05) is 0 Å². The Labute approximate surface area is 174 Å². The monoisotopic (exact) mass is 397 g/mol. The van der Waals surface area contributed by atoms with Crippen molar-refractivity contribution in [3.63, 3.8) is 0 Å². The summed E-state index contributed by atoms with van der Waals surface area (Å²) in [5, 5.41) is 12.9. The van der Waals surface area contributed by atoms with Gasteiger partial charge >= 0.3 is 5.97 Å². The quantitative estimate of drug-likeness (QED) is 0.376. The molecular formula is C25H35NO3. The summed E-state index contributed by atoms with van der Waals surface area (Å²) in [4.78, 5) is 12.3. The number of esters is 1. The van der Waals surface area contributed by atoms with Crippen molar-refractivity contribution in [3.8, 4) is 0 Å². The van der Waals surface area contributed by atoms with Crippen LogP contribution in [-0.4, -0.2) is 22.5 Å². The number of carbonyl (C=O) groups excluding carboxylic acids is 1. The Balaban J connectivity index is 1.43. The fourth-order valence-corrected chi connectivity index (χ4v) is 9.71.